The van der Waals surface area contributed by atoms with Crippen LogP contribution in [0, 0.1) is 5.82 Å². The quantitative estimate of drug-likeness (QED) is 0.526. The summed E-state index contributed by atoms with van der Waals surface area (Å²) in [4.78, 5) is 19.6. The van der Waals surface area contributed by atoms with E-state index >= 15 is 0 Å². The molecule has 2 heterocycles. The van der Waals surface area contributed by atoms with Gasteiger partial charge < -0.3 is 8.98 Å². The molecule has 0 aliphatic carbocycles. The van der Waals surface area contributed by atoms with E-state index < -0.39 is 23.6 Å². The number of halogens is 4. The summed E-state index contributed by atoms with van der Waals surface area (Å²) in [7, 11) is 0. The van der Waals surface area contributed by atoms with Gasteiger partial charge in [-0.15, -0.1) is 0 Å². The average molecular weight is 390 g/mol. The molecular weight excluding hydrogens is 380 g/mol. The highest BCUT2D eigenvalue weighted by molar-refractivity contribution is 6.03. The van der Waals surface area contributed by atoms with Gasteiger partial charge in [-0.1, -0.05) is 6.07 Å². The molecule has 4 aromatic rings. The maximum Gasteiger partial charge on any atom is 0.434 e. The summed E-state index contributed by atoms with van der Waals surface area (Å²) in [5, 5.41) is 2.41. The van der Waals surface area contributed by atoms with Gasteiger partial charge in [0, 0.05) is 17.4 Å². The molecule has 1 N–H and O–H groups in total. The first-order valence-corrected chi connectivity index (χ1v) is 7.89. The van der Waals surface area contributed by atoms with Crippen LogP contribution < -0.4 is 5.32 Å². The smallest absolute Gasteiger partial charge is 0.423 e. The fourth-order valence-corrected chi connectivity index (χ4v) is 2.54. The van der Waals surface area contributed by atoms with E-state index in [2.05, 4.69) is 15.3 Å². The van der Waals surface area contributed by atoms with Crippen molar-refractivity contribution >= 4 is 23.0 Å². The molecule has 28 heavy (non-hydrogen) atoms. The van der Waals surface area contributed by atoms with Gasteiger partial charge in [0.15, 0.2) is 11.3 Å². The largest absolute Gasteiger partial charge is 0.434 e. The number of fused-ring (bicyclic) bond motifs is 1. The summed E-state index contributed by atoms with van der Waals surface area (Å²) < 4.78 is 57.9. The molecule has 6 nitrogen and oxygen atoms in total. The molecule has 4 rings (SSSR count). The lowest BCUT2D eigenvalue weighted by Crippen LogP contribution is -2.12. The van der Waals surface area contributed by atoms with Crippen LogP contribution in [-0.2, 0) is 6.18 Å². The molecule has 0 fully saturated rings. The number of carbonyl (C=O) groups is 1. The Labute approximate surface area is 154 Å². The highest BCUT2D eigenvalue weighted by Crippen LogP contribution is 2.29. The van der Waals surface area contributed by atoms with Crippen LogP contribution in [0.5, 0.6) is 0 Å². The maximum absolute atomic E-state index is 13.2. The van der Waals surface area contributed by atoms with Crippen molar-refractivity contribution in [2.75, 3.05) is 5.32 Å². The average Bonchev–Trinajstić information content (AvgIpc) is 3.27. The van der Waals surface area contributed by atoms with Crippen molar-refractivity contribution in [3.8, 4) is 5.69 Å². The van der Waals surface area contributed by atoms with E-state index in [-0.39, 0.29) is 11.6 Å². The fourth-order valence-electron chi connectivity index (χ4n) is 2.54. The Hall–Kier alpha value is -3.69. The topological polar surface area (TPSA) is 73.0 Å². The predicted octanol–water partition coefficient (Wildman–Crippen LogP) is 4.42. The van der Waals surface area contributed by atoms with Gasteiger partial charge in [0.2, 0.25) is 0 Å². The highest BCUT2D eigenvalue weighted by Gasteiger charge is 2.33. The second kappa shape index (κ2) is 6.48. The van der Waals surface area contributed by atoms with E-state index in [4.69, 9.17) is 4.42 Å². The van der Waals surface area contributed by atoms with E-state index in [1.165, 1.54) is 41.0 Å². The first-order chi connectivity index (χ1) is 13.3. The van der Waals surface area contributed by atoms with Gasteiger partial charge in [-0.25, -0.2) is 9.37 Å². The summed E-state index contributed by atoms with van der Waals surface area (Å²) in [6, 6.07) is 9.47. The number of nitrogens with one attached hydrogen (secondary N) is 1. The number of anilines is 1. The summed E-state index contributed by atoms with van der Waals surface area (Å²) in [5.74, 6) is -1.18. The van der Waals surface area contributed by atoms with Gasteiger partial charge >= 0.3 is 12.2 Å². The molecule has 0 saturated heterocycles. The second-order valence-corrected chi connectivity index (χ2v) is 5.80. The van der Waals surface area contributed by atoms with Gasteiger partial charge in [0.25, 0.3) is 5.91 Å². The Morgan fingerprint density at radius 1 is 1.14 bits per heavy atom. The zero-order valence-corrected chi connectivity index (χ0v) is 13.9. The predicted molar refractivity (Wildman–Crippen MR) is 90.5 cm³/mol. The van der Waals surface area contributed by atoms with Crippen LogP contribution in [-0.4, -0.2) is 20.4 Å². The Balaban J connectivity index is 1.60. The zero-order chi connectivity index (χ0) is 19.9. The number of aromatic nitrogens is 3. The molecule has 0 saturated carbocycles. The summed E-state index contributed by atoms with van der Waals surface area (Å²) in [6.45, 7) is 0. The zero-order valence-electron chi connectivity index (χ0n) is 13.9. The second-order valence-electron chi connectivity index (χ2n) is 5.80. The highest BCUT2D eigenvalue weighted by atomic mass is 19.4. The summed E-state index contributed by atoms with van der Waals surface area (Å²) >= 11 is 0. The Kier molecular flexibility index (Phi) is 4.10. The summed E-state index contributed by atoms with van der Waals surface area (Å²) in [6.07, 6.45) is -2.65. The number of rotatable bonds is 3. The Morgan fingerprint density at radius 2 is 1.96 bits per heavy atom. The Bertz CT molecular complexity index is 1180. The molecule has 0 aliphatic heterocycles. The number of hydrogen-bond acceptors (Lipinski definition) is 4. The SMILES string of the molecule is O=C(Nc1nc2cc(-n3cnc(C(F)(F)F)c3)ccc2o1)c1cccc(F)c1. The number of nitrogens with zero attached hydrogens (tertiary/aromatic N) is 3. The normalized spacial score (nSPS) is 11.7. The minimum Gasteiger partial charge on any atom is -0.423 e. The molecule has 0 unspecified atom stereocenters. The van der Waals surface area contributed by atoms with Gasteiger partial charge in [-0.2, -0.15) is 18.2 Å². The van der Waals surface area contributed by atoms with E-state index in [1.54, 1.807) is 0 Å². The molecule has 0 spiro atoms. The van der Waals surface area contributed by atoms with Crippen molar-refractivity contribution in [3.05, 3.63) is 72.1 Å². The van der Waals surface area contributed by atoms with Gasteiger partial charge in [0.05, 0.1) is 6.33 Å². The fraction of sp³-hybridized carbons (Fsp3) is 0.0556. The first-order valence-electron chi connectivity index (χ1n) is 7.89. The monoisotopic (exact) mass is 390 g/mol. The molecular formula is C18H10F4N4O2. The van der Waals surface area contributed by atoms with Crippen LogP contribution in [0.25, 0.3) is 16.8 Å². The van der Waals surface area contributed by atoms with Crippen molar-refractivity contribution in [1.29, 1.82) is 0 Å². The van der Waals surface area contributed by atoms with Crippen LogP contribution in [0.15, 0.2) is 59.4 Å². The van der Waals surface area contributed by atoms with Crippen molar-refractivity contribution in [2.45, 2.75) is 6.18 Å². The minimum absolute atomic E-state index is 0.0843. The number of imidazole rings is 1. The molecule has 2 aromatic heterocycles. The molecule has 0 bridgehead atoms. The molecule has 10 heteroatoms. The van der Waals surface area contributed by atoms with Crippen LogP contribution in [0.2, 0.25) is 0 Å². The van der Waals surface area contributed by atoms with E-state index in [0.717, 1.165) is 18.6 Å². The van der Waals surface area contributed by atoms with E-state index in [9.17, 15) is 22.4 Å². The van der Waals surface area contributed by atoms with Crippen LogP contribution in [0.4, 0.5) is 23.6 Å². The third kappa shape index (κ3) is 3.43. The van der Waals surface area contributed by atoms with Crippen LogP contribution >= 0.6 is 0 Å². The summed E-state index contributed by atoms with van der Waals surface area (Å²) in [5.41, 5.74) is 0.0763. The minimum atomic E-state index is -4.54. The molecule has 0 aliphatic rings. The number of benzene rings is 2. The third-order valence-electron chi connectivity index (χ3n) is 3.85. The number of carbonyl (C=O) groups excluding carboxylic acids is 1. The van der Waals surface area contributed by atoms with E-state index in [1.807, 2.05) is 0 Å². The number of amides is 1. The third-order valence-corrected chi connectivity index (χ3v) is 3.85. The Morgan fingerprint density at radius 3 is 2.68 bits per heavy atom. The lowest BCUT2D eigenvalue weighted by atomic mass is 10.2. The van der Waals surface area contributed by atoms with Crippen LogP contribution in [0.1, 0.15) is 16.1 Å². The lowest BCUT2D eigenvalue weighted by molar-refractivity contribution is -0.140. The van der Waals surface area contributed by atoms with Crippen molar-refractivity contribution in [2.24, 2.45) is 0 Å². The molecule has 1 amide bonds. The van der Waals surface area contributed by atoms with E-state index in [0.29, 0.717) is 16.8 Å². The molecule has 0 radical (unpaired) electrons. The molecule has 2 aromatic carbocycles. The van der Waals surface area contributed by atoms with Gasteiger partial charge in [0.1, 0.15) is 11.3 Å². The van der Waals surface area contributed by atoms with Gasteiger partial charge in [-0.05, 0) is 36.4 Å². The van der Waals surface area contributed by atoms with Gasteiger partial charge in [-0.3, -0.25) is 10.1 Å². The number of hydrogen-bond donors (Lipinski definition) is 1. The molecule has 0 atom stereocenters. The van der Waals surface area contributed by atoms with Crippen LogP contribution in [0.3, 0.4) is 0 Å². The first kappa shape index (κ1) is 17.7. The standard InChI is InChI=1S/C18H10F4N4O2/c19-11-3-1-2-10(6-11)16(27)25-17-24-13-7-12(4-5-14(13)28-17)26-8-15(23-9-26)18(20,21)22/h1-9H,(H,24,25,27). The maximum atomic E-state index is 13.2. The number of oxazole rings is 1. The van der Waals surface area contributed by atoms with Crippen molar-refractivity contribution in [3.63, 3.8) is 0 Å². The lowest BCUT2D eigenvalue weighted by Gasteiger charge is -2.02. The van der Waals surface area contributed by atoms with Crippen molar-refractivity contribution < 1.29 is 26.8 Å². The molecule has 142 valence electrons. The number of alkyl halides is 3. The van der Waals surface area contributed by atoms with Crippen molar-refractivity contribution in [1.82, 2.24) is 14.5 Å².